The second-order valence-corrected chi connectivity index (χ2v) is 14.8. The van der Waals surface area contributed by atoms with Crippen LogP contribution in [0.3, 0.4) is 0 Å². The van der Waals surface area contributed by atoms with E-state index in [1.807, 2.05) is 42.5 Å². The predicted molar refractivity (Wildman–Crippen MR) is 222 cm³/mol. The number of anilines is 3. The van der Waals surface area contributed by atoms with Crippen molar-refractivity contribution in [1.82, 2.24) is 4.98 Å². The standard InChI is InChI=1S/C50H34N2O2/c1-50(2)42-17-8-6-14-38(42)40-29-35(24-26-43(40)50)52(36-25-28-46-41(30-36)39-15-7-9-18-45(39)53-46)34-22-19-31(20-23-34)37-16-10-13-32-21-27-44-48(47(32)37)54-49(51-44)33-11-4-3-5-12-33/h3-30H,1-2H3. The van der Waals surface area contributed by atoms with Crippen LogP contribution in [0.25, 0.3) is 77.5 Å². The summed E-state index contributed by atoms with van der Waals surface area (Å²) in [7, 11) is 0. The van der Waals surface area contributed by atoms with Gasteiger partial charge in [-0.25, -0.2) is 4.98 Å². The van der Waals surface area contributed by atoms with E-state index in [1.165, 1.54) is 22.3 Å². The summed E-state index contributed by atoms with van der Waals surface area (Å²) >= 11 is 0. The number of fused-ring (bicyclic) bond motifs is 9. The fourth-order valence-electron chi connectivity index (χ4n) is 8.64. The molecule has 256 valence electrons. The predicted octanol–water partition coefficient (Wildman–Crippen LogP) is 14.0. The Morgan fingerprint density at radius 2 is 1.19 bits per heavy atom. The second kappa shape index (κ2) is 11.5. The molecular weight excluding hydrogens is 661 g/mol. The first-order chi connectivity index (χ1) is 26.5. The van der Waals surface area contributed by atoms with Gasteiger partial charge in [0.25, 0.3) is 0 Å². The van der Waals surface area contributed by atoms with Gasteiger partial charge in [0.1, 0.15) is 16.7 Å². The molecule has 0 bridgehead atoms. The number of hydrogen-bond acceptors (Lipinski definition) is 4. The zero-order valence-electron chi connectivity index (χ0n) is 29.9. The van der Waals surface area contributed by atoms with Crippen molar-refractivity contribution in [3.63, 3.8) is 0 Å². The summed E-state index contributed by atoms with van der Waals surface area (Å²) in [5, 5.41) is 4.38. The summed E-state index contributed by atoms with van der Waals surface area (Å²) in [4.78, 5) is 7.24. The SMILES string of the molecule is CC1(C)c2ccccc2-c2cc(N(c3ccc(-c4cccc5ccc6nc(-c7ccccc7)oc6c45)cc3)c3ccc4oc5ccccc5c4c3)ccc21. The van der Waals surface area contributed by atoms with Crippen LogP contribution in [0.5, 0.6) is 0 Å². The summed E-state index contributed by atoms with van der Waals surface area (Å²) in [6, 6.07) is 60.2. The highest BCUT2D eigenvalue weighted by Crippen LogP contribution is 2.51. The molecule has 0 radical (unpaired) electrons. The van der Waals surface area contributed by atoms with Crippen molar-refractivity contribution in [2.75, 3.05) is 4.90 Å². The smallest absolute Gasteiger partial charge is 0.227 e. The molecule has 0 aliphatic heterocycles. The highest BCUT2D eigenvalue weighted by atomic mass is 16.3. The molecule has 4 heteroatoms. The molecule has 11 rings (SSSR count). The first kappa shape index (κ1) is 30.7. The zero-order chi connectivity index (χ0) is 36.0. The normalized spacial score (nSPS) is 13.1. The molecule has 2 heterocycles. The third kappa shape index (κ3) is 4.60. The Hall–Kier alpha value is -6.91. The van der Waals surface area contributed by atoms with Gasteiger partial charge in [-0.1, -0.05) is 117 Å². The van der Waals surface area contributed by atoms with Crippen LogP contribution in [0.15, 0.2) is 179 Å². The summed E-state index contributed by atoms with van der Waals surface area (Å²) in [6.07, 6.45) is 0. The van der Waals surface area contributed by atoms with Crippen molar-refractivity contribution in [1.29, 1.82) is 0 Å². The molecule has 0 saturated heterocycles. The lowest BCUT2D eigenvalue weighted by molar-refractivity contribution is 0.623. The fourth-order valence-corrected chi connectivity index (χ4v) is 8.64. The van der Waals surface area contributed by atoms with E-state index in [2.05, 4.69) is 146 Å². The molecule has 0 amide bonds. The average Bonchev–Trinajstić information content (AvgIpc) is 3.89. The van der Waals surface area contributed by atoms with Gasteiger partial charge in [0.05, 0.1) is 0 Å². The fraction of sp³-hybridized carbons (Fsp3) is 0.0600. The highest BCUT2D eigenvalue weighted by molar-refractivity contribution is 6.11. The molecule has 1 aliphatic rings. The van der Waals surface area contributed by atoms with Crippen LogP contribution in [-0.2, 0) is 5.41 Å². The van der Waals surface area contributed by atoms with Crippen LogP contribution in [0.4, 0.5) is 17.1 Å². The van der Waals surface area contributed by atoms with Crippen molar-refractivity contribution in [2.45, 2.75) is 19.3 Å². The van der Waals surface area contributed by atoms with Gasteiger partial charge in [-0.3, -0.25) is 0 Å². The van der Waals surface area contributed by atoms with Gasteiger partial charge in [0.2, 0.25) is 5.89 Å². The maximum absolute atomic E-state index is 6.52. The van der Waals surface area contributed by atoms with E-state index in [0.717, 1.165) is 77.6 Å². The average molecular weight is 695 g/mol. The molecule has 2 aromatic heterocycles. The molecule has 0 unspecified atom stereocenters. The monoisotopic (exact) mass is 694 g/mol. The molecule has 0 N–H and O–H groups in total. The van der Waals surface area contributed by atoms with Gasteiger partial charge in [0, 0.05) is 44.2 Å². The topological polar surface area (TPSA) is 42.4 Å². The van der Waals surface area contributed by atoms with Crippen molar-refractivity contribution in [3.8, 4) is 33.7 Å². The molecule has 0 saturated carbocycles. The van der Waals surface area contributed by atoms with Crippen LogP contribution >= 0.6 is 0 Å². The van der Waals surface area contributed by atoms with Crippen LogP contribution in [-0.4, -0.2) is 4.98 Å². The van der Waals surface area contributed by atoms with Crippen LogP contribution < -0.4 is 4.90 Å². The third-order valence-corrected chi connectivity index (χ3v) is 11.3. The Morgan fingerprint density at radius 3 is 2.07 bits per heavy atom. The summed E-state index contributed by atoms with van der Waals surface area (Å²) in [6.45, 7) is 4.65. The zero-order valence-corrected chi connectivity index (χ0v) is 29.9. The molecule has 54 heavy (non-hydrogen) atoms. The van der Waals surface area contributed by atoms with E-state index < -0.39 is 0 Å². The van der Waals surface area contributed by atoms with Gasteiger partial charge in [-0.15, -0.1) is 0 Å². The molecule has 0 spiro atoms. The quantitative estimate of drug-likeness (QED) is 0.180. The molecular formula is C50H34N2O2. The first-order valence-corrected chi connectivity index (χ1v) is 18.5. The number of benzene rings is 8. The largest absolute Gasteiger partial charge is 0.456 e. The Bertz CT molecular complexity index is 3080. The summed E-state index contributed by atoms with van der Waals surface area (Å²) in [5.74, 6) is 0.626. The van der Waals surface area contributed by atoms with Crippen LogP contribution in [0.1, 0.15) is 25.0 Å². The summed E-state index contributed by atoms with van der Waals surface area (Å²) in [5.41, 5.74) is 15.1. The van der Waals surface area contributed by atoms with Crippen molar-refractivity contribution < 1.29 is 8.83 Å². The van der Waals surface area contributed by atoms with Gasteiger partial charge in [-0.2, -0.15) is 0 Å². The summed E-state index contributed by atoms with van der Waals surface area (Å²) < 4.78 is 12.8. The van der Waals surface area contributed by atoms with Crippen LogP contribution in [0, 0.1) is 0 Å². The van der Waals surface area contributed by atoms with Gasteiger partial charge >= 0.3 is 0 Å². The third-order valence-electron chi connectivity index (χ3n) is 11.3. The maximum atomic E-state index is 6.52. The minimum absolute atomic E-state index is 0.0686. The first-order valence-electron chi connectivity index (χ1n) is 18.5. The van der Waals surface area contributed by atoms with Crippen molar-refractivity contribution >= 4 is 60.9 Å². The molecule has 1 aliphatic carbocycles. The lowest BCUT2D eigenvalue weighted by Crippen LogP contribution is -2.15. The molecule has 10 aromatic rings. The number of hydrogen-bond donors (Lipinski definition) is 0. The van der Waals surface area contributed by atoms with E-state index in [-0.39, 0.29) is 5.41 Å². The lowest BCUT2D eigenvalue weighted by atomic mass is 9.82. The minimum atomic E-state index is -0.0686. The molecule has 0 fully saturated rings. The Morgan fingerprint density at radius 1 is 0.481 bits per heavy atom. The van der Waals surface area contributed by atoms with E-state index in [9.17, 15) is 0 Å². The van der Waals surface area contributed by atoms with Gasteiger partial charge < -0.3 is 13.7 Å². The number of rotatable bonds is 5. The number of furan rings is 1. The number of aromatic nitrogens is 1. The number of nitrogens with zero attached hydrogens (tertiary/aromatic N) is 2. The molecule has 0 atom stereocenters. The Balaban J connectivity index is 1.07. The van der Waals surface area contributed by atoms with Crippen molar-refractivity contribution in [3.05, 3.63) is 181 Å². The van der Waals surface area contributed by atoms with E-state index in [0.29, 0.717) is 5.89 Å². The maximum Gasteiger partial charge on any atom is 0.227 e. The van der Waals surface area contributed by atoms with Gasteiger partial charge in [0.15, 0.2) is 5.58 Å². The Kier molecular flexibility index (Phi) is 6.56. The molecule has 4 nitrogen and oxygen atoms in total. The minimum Gasteiger partial charge on any atom is -0.456 e. The van der Waals surface area contributed by atoms with E-state index in [4.69, 9.17) is 13.8 Å². The second-order valence-electron chi connectivity index (χ2n) is 14.8. The Labute approximate surface area is 312 Å². The van der Waals surface area contributed by atoms with Gasteiger partial charge in [-0.05, 0) is 105 Å². The highest BCUT2D eigenvalue weighted by Gasteiger charge is 2.35. The molecule has 8 aromatic carbocycles. The number of oxazole rings is 1. The van der Waals surface area contributed by atoms with Crippen LogP contribution in [0.2, 0.25) is 0 Å². The van der Waals surface area contributed by atoms with E-state index in [1.54, 1.807) is 0 Å². The number of para-hydroxylation sites is 1. The van der Waals surface area contributed by atoms with Crippen molar-refractivity contribution in [2.24, 2.45) is 0 Å². The van der Waals surface area contributed by atoms with E-state index >= 15 is 0 Å². The lowest BCUT2D eigenvalue weighted by Gasteiger charge is -2.27.